The number of benzene rings is 2. The zero-order chi connectivity index (χ0) is 19.6. The minimum absolute atomic E-state index is 0.0895. The van der Waals surface area contributed by atoms with E-state index in [9.17, 15) is 8.42 Å². The largest absolute Gasteiger partial charge is 0.440 e. The second-order valence-corrected chi connectivity index (χ2v) is 8.04. The fourth-order valence-electron chi connectivity index (χ4n) is 2.94. The van der Waals surface area contributed by atoms with Crippen LogP contribution >= 0.6 is 0 Å². The molecule has 0 N–H and O–H groups in total. The molecule has 0 atom stereocenters. The summed E-state index contributed by atoms with van der Waals surface area (Å²) in [5.41, 5.74) is 1.64. The monoisotopic (exact) mass is 394 g/mol. The van der Waals surface area contributed by atoms with E-state index in [1.807, 2.05) is 67.6 Å². The van der Waals surface area contributed by atoms with Crippen LogP contribution in [0.5, 0.6) is 0 Å². The van der Waals surface area contributed by atoms with E-state index >= 15 is 0 Å². The first-order chi connectivity index (χ1) is 13.6. The topological polar surface area (TPSA) is 90.9 Å². The number of hydrogen-bond donors (Lipinski definition) is 0. The van der Waals surface area contributed by atoms with E-state index < -0.39 is 9.84 Å². The molecule has 0 unspecified atom stereocenters. The maximum atomic E-state index is 12.9. The molecule has 2 heterocycles. The Labute approximate surface area is 162 Å². The molecule has 4 rings (SSSR count). The van der Waals surface area contributed by atoms with Gasteiger partial charge in [-0.1, -0.05) is 60.7 Å². The molecule has 0 saturated heterocycles. The SMILES string of the molecule is CCn1c(-c2ccccc2)nnc1S(=O)(=O)Cc1ncc(-c2ccccc2)o1. The fraction of sp³-hybridized carbons (Fsp3) is 0.150. The minimum Gasteiger partial charge on any atom is -0.440 e. The van der Waals surface area contributed by atoms with Crippen LogP contribution in [0.3, 0.4) is 0 Å². The van der Waals surface area contributed by atoms with Crippen molar-refractivity contribution in [1.82, 2.24) is 19.7 Å². The highest BCUT2D eigenvalue weighted by atomic mass is 32.2. The third kappa shape index (κ3) is 3.46. The molecule has 4 aromatic rings. The lowest BCUT2D eigenvalue weighted by Gasteiger charge is -2.07. The summed E-state index contributed by atoms with van der Waals surface area (Å²) in [6, 6.07) is 18.8. The van der Waals surface area contributed by atoms with Crippen LogP contribution < -0.4 is 0 Å². The molecule has 28 heavy (non-hydrogen) atoms. The number of nitrogens with zero attached hydrogens (tertiary/aromatic N) is 4. The van der Waals surface area contributed by atoms with Crippen LogP contribution in [0.1, 0.15) is 12.8 Å². The van der Waals surface area contributed by atoms with Crippen LogP contribution in [-0.2, 0) is 22.1 Å². The van der Waals surface area contributed by atoms with Crippen LogP contribution in [0.15, 0.2) is 76.4 Å². The van der Waals surface area contributed by atoms with E-state index in [2.05, 4.69) is 15.2 Å². The number of oxazole rings is 1. The Hall–Kier alpha value is -3.26. The van der Waals surface area contributed by atoms with E-state index in [0.29, 0.717) is 18.1 Å². The highest BCUT2D eigenvalue weighted by molar-refractivity contribution is 7.90. The second-order valence-electron chi connectivity index (χ2n) is 6.16. The summed E-state index contributed by atoms with van der Waals surface area (Å²) in [5.74, 6) is 0.768. The molecule has 0 aliphatic rings. The van der Waals surface area contributed by atoms with Gasteiger partial charge in [0.25, 0.3) is 5.16 Å². The van der Waals surface area contributed by atoms with Crippen molar-refractivity contribution in [2.24, 2.45) is 0 Å². The van der Waals surface area contributed by atoms with Gasteiger partial charge in [0, 0.05) is 17.7 Å². The summed E-state index contributed by atoms with van der Waals surface area (Å²) in [5, 5.41) is 7.96. The molecule has 0 aliphatic heterocycles. The maximum absolute atomic E-state index is 12.9. The second kappa shape index (κ2) is 7.40. The highest BCUT2D eigenvalue weighted by Crippen LogP contribution is 2.24. The molecule has 8 heteroatoms. The summed E-state index contributed by atoms with van der Waals surface area (Å²) in [6.07, 6.45) is 1.53. The predicted molar refractivity (Wildman–Crippen MR) is 104 cm³/mol. The number of rotatable bonds is 6. The summed E-state index contributed by atoms with van der Waals surface area (Å²) >= 11 is 0. The van der Waals surface area contributed by atoms with E-state index in [-0.39, 0.29) is 16.8 Å². The molecule has 0 fully saturated rings. The van der Waals surface area contributed by atoms with Crippen molar-refractivity contribution in [2.45, 2.75) is 24.4 Å². The molecule has 142 valence electrons. The van der Waals surface area contributed by atoms with Crippen molar-refractivity contribution in [3.05, 3.63) is 72.8 Å². The minimum atomic E-state index is -3.78. The molecular weight excluding hydrogens is 376 g/mol. The molecule has 0 bridgehead atoms. The van der Waals surface area contributed by atoms with Crippen LogP contribution in [0.25, 0.3) is 22.7 Å². The van der Waals surface area contributed by atoms with Gasteiger partial charge in [-0.15, -0.1) is 10.2 Å². The normalized spacial score (nSPS) is 11.6. The average Bonchev–Trinajstić information content (AvgIpc) is 3.36. The van der Waals surface area contributed by atoms with Crippen LogP contribution in [-0.4, -0.2) is 28.2 Å². The van der Waals surface area contributed by atoms with Crippen molar-refractivity contribution < 1.29 is 12.8 Å². The molecule has 0 spiro atoms. The summed E-state index contributed by atoms with van der Waals surface area (Å²) in [4.78, 5) is 4.12. The quantitative estimate of drug-likeness (QED) is 0.496. The van der Waals surface area contributed by atoms with Gasteiger partial charge in [-0.2, -0.15) is 0 Å². The van der Waals surface area contributed by atoms with Crippen molar-refractivity contribution in [1.29, 1.82) is 0 Å². The van der Waals surface area contributed by atoms with E-state index in [1.54, 1.807) is 4.57 Å². The van der Waals surface area contributed by atoms with Gasteiger partial charge in [0.15, 0.2) is 11.6 Å². The van der Waals surface area contributed by atoms with Crippen LogP contribution in [0, 0.1) is 0 Å². The summed E-state index contributed by atoms with van der Waals surface area (Å²) in [7, 11) is -3.78. The van der Waals surface area contributed by atoms with Crippen LogP contribution in [0.2, 0.25) is 0 Å². The Morgan fingerprint density at radius 1 is 0.929 bits per heavy atom. The Bertz CT molecular complexity index is 1180. The van der Waals surface area contributed by atoms with Gasteiger partial charge >= 0.3 is 0 Å². The zero-order valence-corrected chi connectivity index (χ0v) is 16.0. The van der Waals surface area contributed by atoms with Crippen molar-refractivity contribution in [3.63, 3.8) is 0 Å². The van der Waals surface area contributed by atoms with Gasteiger partial charge < -0.3 is 4.42 Å². The average molecular weight is 394 g/mol. The lowest BCUT2D eigenvalue weighted by molar-refractivity contribution is 0.514. The standard InChI is InChI=1S/C20H18N4O3S/c1-2-24-19(16-11-7-4-8-12-16)22-23-20(24)28(25,26)14-18-21-13-17(27-18)15-9-5-3-6-10-15/h3-13H,2,14H2,1H3. The van der Waals surface area contributed by atoms with E-state index in [4.69, 9.17) is 4.42 Å². The van der Waals surface area contributed by atoms with Crippen molar-refractivity contribution in [2.75, 3.05) is 0 Å². The van der Waals surface area contributed by atoms with Gasteiger partial charge in [-0.3, -0.25) is 4.57 Å². The third-order valence-electron chi connectivity index (χ3n) is 4.27. The molecular formula is C20H18N4O3S. The Morgan fingerprint density at radius 2 is 1.57 bits per heavy atom. The van der Waals surface area contributed by atoms with E-state index in [0.717, 1.165) is 11.1 Å². The Balaban J connectivity index is 1.65. The summed E-state index contributed by atoms with van der Waals surface area (Å²) < 4.78 is 33.1. The van der Waals surface area contributed by atoms with E-state index in [1.165, 1.54) is 6.20 Å². The van der Waals surface area contributed by atoms with Gasteiger partial charge in [0.2, 0.25) is 15.7 Å². The Morgan fingerprint density at radius 3 is 2.21 bits per heavy atom. The first-order valence-corrected chi connectivity index (χ1v) is 10.4. The van der Waals surface area contributed by atoms with Crippen molar-refractivity contribution in [3.8, 4) is 22.7 Å². The fourth-order valence-corrected chi connectivity index (χ4v) is 4.25. The number of hydrogen-bond acceptors (Lipinski definition) is 6. The predicted octanol–water partition coefficient (Wildman–Crippen LogP) is 3.59. The molecule has 0 radical (unpaired) electrons. The number of sulfone groups is 1. The number of aromatic nitrogens is 4. The van der Waals surface area contributed by atoms with Gasteiger partial charge in [-0.25, -0.2) is 13.4 Å². The first-order valence-electron chi connectivity index (χ1n) is 8.80. The van der Waals surface area contributed by atoms with Crippen LogP contribution in [0.4, 0.5) is 0 Å². The molecule has 2 aromatic carbocycles. The molecule has 0 aliphatic carbocycles. The van der Waals surface area contributed by atoms with Gasteiger partial charge in [0.05, 0.1) is 6.20 Å². The Kier molecular flexibility index (Phi) is 4.79. The molecule has 0 saturated carbocycles. The van der Waals surface area contributed by atoms with Gasteiger partial charge in [0.1, 0.15) is 5.75 Å². The molecule has 7 nitrogen and oxygen atoms in total. The van der Waals surface area contributed by atoms with Gasteiger partial charge in [-0.05, 0) is 6.92 Å². The third-order valence-corrected chi connectivity index (χ3v) is 5.75. The first kappa shape index (κ1) is 18.1. The lowest BCUT2D eigenvalue weighted by atomic mass is 10.2. The zero-order valence-electron chi connectivity index (χ0n) is 15.2. The van der Waals surface area contributed by atoms with Crippen molar-refractivity contribution >= 4 is 9.84 Å². The highest BCUT2D eigenvalue weighted by Gasteiger charge is 2.27. The summed E-state index contributed by atoms with van der Waals surface area (Å²) in [6.45, 7) is 2.28. The molecule has 2 aromatic heterocycles. The maximum Gasteiger partial charge on any atom is 0.250 e. The molecule has 0 amide bonds. The smallest absolute Gasteiger partial charge is 0.250 e. The lowest BCUT2D eigenvalue weighted by Crippen LogP contribution is -2.13.